The molecule has 100 valence electrons. The lowest BCUT2D eigenvalue weighted by atomic mass is 9.90. The summed E-state index contributed by atoms with van der Waals surface area (Å²) in [5.74, 6) is 0.681. The van der Waals surface area contributed by atoms with Gasteiger partial charge in [-0.15, -0.1) is 0 Å². The molecule has 2 atom stereocenters. The van der Waals surface area contributed by atoms with E-state index in [2.05, 4.69) is 30.4 Å². The smallest absolute Gasteiger partial charge is 0.0408 e. The summed E-state index contributed by atoms with van der Waals surface area (Å²) in [4.78, 5) is 0. The highest BCUT2D eigenvalue weighted by Crippen LogP contribution is 2.32. The molecule has 1 fully saturated rings. The summed E-state index contributed by atoms with van der Waals surface area (Å²) in [6, 6.07) is 9.12. The van der Waals surface area contributed by atoms with Crippen LogP contribution in [0.4, 0.5) is 0 Å². The summed E-state index contributed by atoms with van der Waals surface area (Å²) in [5.41, 5.74) is 1.42. The van der Waals surface area contributed by atoms with Gasteiger partial charge >= 0.3 is 0 Å². The van der Waals surface area contributed by atoms with Crippen molar-refractivity contribution in [1.29, 1.82) is 0 Å². The Balaban J connectivity index is 2.02. The van der Waals surface area contributed by atoms with E-state index < -0.39 is 0 Å². The number of rotatable bonds is 4. The van der Waals surface area contributed by atoms with Gasteiger partial charge < -0.3 is 5.32 Å². The summed E-state index contributed by atoms with van der Waals surface area (Å²) in [5, 5.41) is 4.56. The van der Waals surface area contributed by atoms with Crippen LogP contribution in [0, 0.1) is 0 Å². The Bertz CT molecular complexity index is 364. The van der Waals surface area contributed by atoms with Gasteiger partial charge in [0.15, 0.2) is 0 Å². The van der Waals surface area contributed by atoms with Gasteiger partial charge in [0.05, 0.1) is 0 Å². The predicted octanol–water partition coefficient (Wildman–Crippen LogP) is 4.76. The van der Waals surface area contributed by atoms with Gasteiger partial charge in [0.25, 0.3) is 0 Å². The first-order chi connectivity index (χ1) is 8.79. The maximum atomic E-state index is 6.11. The van der Waals surface area contributed by atoms with Crippen LogP contribution >= 0.6 is 11.6 Å². The van der Waals surface area contributed by atoms with Crippen molar-refractivity contribution in [3.05, 3.63) is 34.9 Å². The molecule has 0 bridgehead atoms. The third-order valence-corrected chi connectivity index (χ3v) is 4.16. The number of nitrogens with one attached hydrogen (secondary N) is 1. The quantitative estimate of drug-likeness (QED) is 0.775. The molecule has 1 nitrogen and oxygen atoms in total. The Labute approximate surface area is 116 Å². The van der Waals surface area contributed by atoms with E-state index in [0.717, 1.165) is 11.6 Å². The predicted molar refractivity (Wildman–Crippen MR) is 79.4 cm³/mol. The average Bonchev–Trinajstić information content (AvgIpc) is 2.62. The Kier molecular flexibility index (Phi) is 5.52. The summed E-state index contributed by atoms with van der Waals surface area (Å²) in [6.45, 7) is 3.38. The number of benzene rings is 1. The van der Waals surface area contributed by atoms with Gasteiger partial charge in [-0.05, 0) is 55.8 Å². The zero-order valence-electron chi connectivity index (χ0n) is 11.3. The van der Waals surface area contributed by atoms with E-state index in [1.165, 1.54) is 44.1 Å². The van der Waals surface area contributed by atoms with E-state index in [0.29, 0.717) is 12.0 Å². The van der Waals surface area contributed by atoms with Crippen molar-refractivity contribution < 1.29 is 0 Å². The maximum Gasteiger partial charge on any atom is 0.0408 e. The highest BCUT2D eigenvalue weighted by Gasteiger charge is 2.21. The van der Waals surface area contributed by atoms with Gasteiger partial charge in [0.2, 0.25) is 0 Å². The second-order valence-electron chi connectivity index (χ2n) is 5.42. The van der Waals surface area contributed by atoms with Gasteiger partial charge in [-0.2, -0.15) is 0 Å². The first-order valence-corrected chi connectivity index (χ1v) is 7.66. The molecule has 2 heteroatoms. The molecule has 1 aliphatic rings. The highest BCUT2D eigenvalue weighted by molar-refractivity contribution is 6.30. The monoisotopic (exact) mass is 265 g/mol. The van der Waals surface area contributed by atoms with Crippen LogP contribution < -0.4 is 5.32 Å². The standard InChI is InChI=1S/C16H24ClN/c1-2-10-18-16-9-4-3-6-14(12-16)13-7-5-8-15(17)11-13/h5,7-8,11,14,16,18H,2-4,6,9-10,12H2,1H3. The van der Waals surface area contributed by atoms with Crippen LogP contribution in [0.1, 0.15) is 56.9 Å². The molecular formula is C16H24ClN. The van der Waals surface area contributed by atoms with Gasteiger partial charge in [0, 0.05) is 11.1 Å². The van der Waals surface area contributed by atoms with E-state index >= 15 is 0 Å². The minimum absolute atomic E-state index is 0.681. The zero-order chi connectivity index (χ0) is 12.8. The molecule has 0 radical (unpaired) electrons. The molecule has 1 aromatic rings. The van der Waals surface area contributed by atoms with Gasteiger partial charge in [0.1, 0.15) is 0 Å². The van der Waals surface area contributed by atoms with Crippen molar-refractivity contribution in [2.75, 3.05) is 6.54 Å². The minimum atomic E-state index is 0.681. The second-order valence-corrected chi connectivity index (χ2v) is 5.86. The van der Waals surface area contributed by atoms with Crippen molar-refractivity contribution >= 4 is 11.6 Å². The van der Waals surface area contributed by atoms with Crippen LogP contribution in [-0.4, -0.2) is 12.6 Å². The van der Waals surface area contributed by atoms with Crippen molar-refractivity contribution in [1.82, 2.24) is 5.32 Å². The van der Waals surface area contributed by atoms with Crippen molar-refractivity contribution in [3.8, 4) is 0 Å². The molecule has 0 aromatic heterocycles. The molecule has 2 unspecified atom stereocenters. The molecule has 1 saturated carbocycles. The normalized spacial score (nSPS) is 24.8. The lowest BCUT2D eigenvalue weighted by Gasteiger charge is -2.21. The summed E-state index contributed by atoms with van der Waals surface area (Å²) in [6.07, 6.45) is 7.83. The van der Waals surface area contributed by atoms with Gasteiger partial charge in [-0.25, -0.2) is 0 Å². The van der Waals surface area contributed by atoms with E-state index in [1.54, 1.807) is 0 Å². The zero-order valence-corrected chi connectivity index (χ0v) is 12.0. The molecule has 2 rings (SSSR count). The van der Waals surface area contributed by atoms with Crippen LogP contribution in [0.25, 0.3) is 0 Å². The van der Waals surface area contributed by atoms with Crippen LogP contribution in [0.2, 0.25) is 5.02 Å². The first-order valence-electron chi connectivity index (χ1n) is 7.28. The first kappa shape index (κ1) is 13.9. The molecule has 1 aromatic carbocycles. The molecule has 0 aliphatic heterocycles. The third kappa shape index (κ3) is 4.00. The number of halogens is 1. The second kappa shape index (κ2) is 7.16. The topological polar surface area (TPSA) is 12.0 Å². The fraction of sp³-hybridized carbons (Fsp3) is 0.625. The Morgan fingerprint density at radius 2 is 2.11 bits per heavy atom. The van der Waals surface area contributed by atoms with Gasteiger partial charge in [-0.3, -0.25) is 0 Å². The molecule has 0 saturated heterocycles. The molecule has 0 spiro atoms. The molecule has 1 N–H and O–H groups in total. The van der Waals surface area contributed by atoms with Crippen molar-refractivity contribution in [2.24, 2.45) is 0 Å². The lowest BCUT2D eigenvalue weighted by molar-refractivity contribution is 0.439. The Hall–Kier alpha value is -0.530. The van der Waals surface area contributed by atoms with E-state index in [1.807, 2.05) is 6.07 Å². The summed E-state index contributed by atoms with van der Waals surface area (Å²) < 4.78 is 0. The molecular weight excluding hydrogens is 242 g/mol. The lowest BCUT2D eigenvalue weighted by Crippen LogP contribution is -2.30. The van der Waals surface area contributed by atoms with Gasteiger partial charge in [-0.1, -0.05) is 43.5 Å². The molecule has 18 heavy (non-hydrogen) atoms. The average molecular weight is 266 g/mol. The highest BCUT2D eigenvalue weighted by atomic mass is 35.5. The van der Waals surface area contributed by atoms with E-state index in [-0.39, 0.29) is 0 Å². The van der Waals surface area contributed by atoms with E-state index in [9.17, 15) is 0 Å². The van der Waals surface area contributed by atoms with Crippen LogP contribution in [0.15, 0.2) is 24.3 Å². The summed E-state index contributed by atoms with van der Waals surface area (Å²) in [7, 11) is 0. The van der Waals surface area contributed by atoms with Crippen molar-refractivity contribution in [2.45, 2.75) is 57.4 Å². The molecule has 0 heterocycles. The fourth-order valence-corrected chi connectivity index (χ4v) is 3.16. The number of hydrogen-bond acceptors (Lipinski definition) is 1. The van der Waals surface area contributed by atoms with Crippen LogP contribution in [0.5, 0.6) is 0 Å². The van der Waals surface area contributed by atoms with E-state index in [4.69, 9.17) is 11.6 Å². The SMILES string of the molecule is CCCNC1CCCCC(c2cccc(Cl)c2)C1. The van der Waals surface area contributed by atoms with Crippen molar-refractivity contribution in [3.63, 3.8) is 0 Å². The Morgan fingerprint density at radius 1 is 1.28 bits per heavy atom. The molecule has 1 aliphatic carbocycles. The number of hydrogen-bond donors (Lipinski definition) is 1. The minimum Gasteiger partial charge on any atom is -0.314 e. The molecule has 0 amide bonds. The summed E-state index contributed by atoms with van der Waals surface area (Å²) >= 11 is 6.11. The largest absolute Gasteiger partial charge is 0.314 e. The fourth-order valence-electron chi connectivity index (χ4n) is 2.96. The van der Waals surface area contributed by atoms with Crippen LogP contribution in [-0.2, 0) is 0 Å². The van der Waals surface area contributed by atoms with Crippen LogP contribution in [0.3, 0.4) is 0 Å². The third-order valence-electron chi connectivity index (χ3n) is 3.93. The Morgan fingerprint density at radius 3 is 2.89 bits per heavy atom. The maximum absolute atomic E-state index is 6.11.